The third-order valence-corrected chi connectivity index (χ3v) is 7.19. The Bertz CT molecular complexity index is 1040. The van der Waals surface area contributed by atoms with Crippen LogP contribution in [-0.2, 0) is 21.1 Å². The van der Waals surface area contributed by atoms with Gasteiger partial charge in [0.1, 0.15) is 0 Å². The minimum atomic E-state index is -3.22. The normalized spacial score (nSPS) is 11.3. The summed E-state index contributed by atoms with van der Waals surface area (Å²) in [4.78, 5) is 12.6. The molecule has 0 radical (unpaired) electrons. The molecule has 0 aliphatic heterocycles. The quantitative estimate of drug-likeness (QED) is 0.549. The van der Waals surface area contributed by atoms with Crippen LogP contribution in [-0.4, -0.2) is 20.1 Å². The molecule has 0 bridgehead atoms. The van der Waals surface area contributed by atoms with Gasteiger partial charge in [0.05, 0.1) is 22.1 Å². The van der Waals surface area contributed by atoms with E-state index in [1.807, 2.05) is 35.7 Å². The molecule has 0 aliphatic rings. The van der Waals surface area contributed by atoms with E-state index in [1.54, 1.807) is 31.2 Å². The number of amides is 1. The van der Waals surface area contributed by atoms with Gasteiger partial charge in [-0.2, -0.15) is 0 Å². The van der Waals surface area contributed by atoms with E-state index in [2.05, 4.69) is 21.2 Å². The Hall–Kier alpha value is -1.96. The first-order chi connectivity index (χ1) is 12.9. The molecular formula is C20H18BrNO3S2. The molecule has 0 saturated heterocycles. The molecule has 140 valence electrons. The van der Waals surface area contributed by atoms with Crippen molar-refractivity contribution in [2.45, 2.75) is 18.2 Å². The molecule has 2 aromatic carbocycles. The van der Waals surface area contributed by atoms with Crippen LogP contribution in [0.1, 0.15) is 12.5 Å². The lowest BCUT2D eigenvalue weighted by Crippen LogP contribution is -2.13. The van der Waals surface area contributed by atoms with Crippen molar-refractivity contribution in [3.05, 3.63) is 70.0 Å². The molecule has 0 unspecified atom stereocenters. The average molecular weight is 464 g/mol. The average Bonchev–Trinajstić information content (AvgIpc) is 3.11. The van der Waals surface area contributed by atoms with E-state index < -0.39 is 9.84 Å². The van der Waals surface area contributed by atoms with Gasteiger partial charge in [0.15, 0.2) is 9.84 Å². The number of thiophene rings is 1. The fourth-order valence-corrected chi connectivity index (χ4v) is 4.52. The van der Waals surface area contributed by atoms with Crippen LogP contribution in [0.3, 0.4) is 0 Å². The van der Waals surface area contributed by atoms with Crippen molar-refractivity contribution in [2.24, 2.45) is 0 Å². The van der Waals surface area contributed by atoms with E-state index >= 15 is 0 Å². The van der Waals surface area contributed by atoms with Gasteiger partial charge in [-0.25, -0.2) is 8.42 Å². The number of benzene rings is 2. The lowest BCUT2D eigenvalue weighted by Gasteiger charge is -2.05. The Morgan fingerprint density at radius 2 is 1.70 bits per heavy atom. The number of carbonyl (C=O) groups excluding carboxylic acids is 1. The first-order valence-corrected chi connectivity index (χ1v) is 11.7. The van der Waals surface area contributed by atoms with E-state index in [9.17, 15) is 13.2 Å². The minimum absolute atomic E-state index is 0.0614. The van der Waals surface area contributed by atoms with Gasteiger partial charge < -0.3 is 5.32 Å². The second kappa shape index (κ2) is 8.37. The van der Waals surface area contributed by atoms with Gasteiger partial charge in [-0.05, 0) is 47.0 Å². The van der Waals surface area contributed by atoms with Gasteiger partial charge in [0, 0.05) is 9.85 Å². The Balaban J connectivity index is 1.64. The van der Waals surface area contributed by atoms with Crippen LogP contribution in [0.15, 0.2) is 69.3 Å². The zero-order valence-electron chi connectivity index (χ0n) is 14.6. The number of nitrogens with one attached hydrogen (secondary N) is 1. The first kappa shape index (κ1) is 19.8. The summed E-state index contributed by atoms with van der Waals surface area (Å²) in [6, 6.07) is 16.4. The summed E-state index contributed by atoms with van der Waals surface area (Å²) < 4.78 is 24.7. The second-order valence-electron chi connectivity index (χ2n) is 5.98. The van der Waals surface area contributed by atoms with Gasteiger partial charge >= 0.3 is 0 Å². The number of rotatable bonds is 6. The molecule has 4 nitrogen and oxygen atoms in total. The molecule has 1 amide bonds. The topological polar surface area (TPSA) is 63.2 Å². The van der Waals surface area contributed by atoms with E-state index in [0.717, 1.165) is 26.2 Å². The van der Waals surface area contributed by atoms with E-state index in [1.165, 1.54) is 11.3 Å². The standard InChI is InChI=1S/C20H18BrNO3S2/c1-2-27(24,25)18-9-3-14(4-10-18)11-19(23)22-20-12-16(13-26-20)15-5-7-17(21)8-6-15/h3-10,12-13H,2,11H2,1H3,(H,22,23). The third kappa shape index (κ3) is 5.06. The molecule has 0 atom stereocenters. The van der Waals surface area contributed by atoms with Gasteiger partial charge in [-0.1, -0.05) is 47.1 Å². The van der Waals surface area contributed by atoms with Crippen LogP contribution in [0.2, 0.25) is 0 Å². The fourth-order valence-electron chi connectivity index (χ4n) is 2.54. The summed E-state index contributed by atoms with van der Waals surface area (Å²) >= 11 is 4.89. The summed E-state index contributed by atoms with van der Waals surface area (Å²) in [5, 5.41) is 5.68. The van der Waals surface area contributed by atoms with Crippen LogP contribution in [0.4, 0.5) is 5.00 Å². The molecule has 0 aliphatic carbocycles. The maximum Gasteiger partial charge on any atom is 0.229 e. The Labute approximate surface area is 171 Å². The highest BCUT2D eigenvalue weighted by molar-refractivity contribution is 9.10. The zero-order valence-corrected chi connectivity index (χ0v) is 17.8. The smallest absolute Gasteiger partial charge is 0.229 e. The van der Waals surface area contributed by atoms with E-state index in [4.69, 9.17) is 0 Å². The summed E-state index contributed by atoms with van der Waals surface area (Å²) in [5.74, 6) is -0.0726. The maximum absolute atomic E-state index is 12.3. The Morgan fingerprint density at radius 3 is 2.33 bits per heavy atom. The highest BCUT2D eigenvalue weighted by Gasteiger charge is 2.12. The van der Waals surface area contributed by atoms with Gasteiger partial charge in [0.25, 0.3) is 0 Å². The van der Waals surface area contributed by atoms with Crippen LogP contribution in [0.5, 0.6) is 0 Å². The number of carbonyl (C=O) groups is 1. The lowest BCUT2D eigenvalue weighted by molar-refractivity contribution is -0.115. The van der Waals surface area contributed by atoms with Crippen molar-refractivity contribution in [1.29, 1.82) is 0 Å². The molecule has 0 saturated carbocycles. The number of halogens is 1. The molecule has 1 aromatic heterocycles. The van der Waals surface area contributed by atoms with Gasteiger partial charge in [-0.15, -0.1) is 11.3 Å². The predicted molar refractivity (Wildman–Crippen MR) is 114 cm³/mol. The number of sulfone groups is 1. The molecule has 3 rings (SSSR count). The maximum atomic E-state index is 12.3. The largest absolute Gasteiger partial charge is 0.317 e. The van der Waals surface area contributed by atoms with Gasteiger partial charge in [-0.3, -0.25) is 4.79 Å². The molecule has 1 heterocycles. The van der Waals surface area contributed by atoms with Crippen molar-refractivity contribution in [2.75, 3.05) is 11.1 Å². The first-order valence-electron chi connectivity index (χ1n) is 8.33. The van der Waals surface area contributed by atoms with Crippen LogP contribution < -0.4 is 5.32 Å². The van der Waals surface area contributed by atoms with E-state index in [-0.39, 0.29) is 23.0 Å². The SMILES string of the molecule is CCS(=O)(=O)c1ccc(CC(=O)Nc2cc(-c3ccc(Br)cc3)cs2)cc1. The zero-order chi connectivity index (χ0) is 19.4. The molecule has 3 aromatic rings. The molecular weight excluding hydrogens is 446 g/mol. The lowest BCUT2D eigenvalue weighted by atomic mass is 10.1. The molecule has 0 spiro atoms. The van der Waals surface area contributed by atoms with Crippen molar-refractivity contribution in [3.8, 4) is 11.1 Å². The van der Waals surface area contributed by atoms with Crippen molar-refractivity contribution in [3.63, 3.8) is 0 Å². The molecule has 7 heteroatoms. The highest BCUT2D eigenvalue weighted by atomic mass is 79.9. The summed E-state index contributed by atoms with van der Waals surface area (Å²) in [6.07, 6.45) is 0.192. The number of hydrogen-bond acceptors (Lipinski definition) is 4. The highest BCUT2D eigenvalue weighted by Crippen LogP contribution is 2.30. The Morgan fingerprint density at radius 1 is 1.04 bits per heavy atom. The Kier molecular flexibility index (Phi) is 6.14. The summed E-state index contributed by atoms with van der Waals surface area (Å²) in [6.45, 7) is 1.61. The fraction of sp³-hybridized carbons (Fsp3) is 0.150. The molecule has 27 heavy (non-hydrogen) atoms. The predicted octanol–water partition coefficient (Wildman–Crippen LogP) is 5.15. The van der Waals surface area contributed by atoms with Crippen LogP contribution >= 0.6 is 27.3 Å². The van der Waals surface area contributed by atoms with Crippen molar-refractivity contribution >= 4 is 48.0 Å². The summed E-state index contributed by atoms with van der Waals surface area (Å²) in [7, 11) is -3.22. The third-order valence-electron chi connectivity index (χ3n) is 4.07. The van der Waals surface area contributed by atoms with Crippen molar-refractivity contribution in [1.82, 2.24) is 0 Å². The number of anilines is 1. The molecule has 1 N–H and O–H groups in total. The van der Waals surface area contributed by atoms with E-state index in [0.29, 0.717) is 0 Å². The van der Waals surface area contributed by atoms with Crippen LogP contribution in [0.25, 0.3) is 11.1 Å². The summed E-state index contributed by atoms with van der Waals surface area (Å²) in [5.41, 5.74) is 2.91. The number of hydrogen-bond donors (Lipinski definition) is 1. The minimum Gasteiger partial charge on any atom is -0.317 e. The van der Waals surface area contributed by atoms with Gasteiger partial charge in [0.2, 0.25) is 5.91 Å². The monoisotopic (exact) mass is 463 g/mol. The van der Waals surface area contributed by atoms with Crippen molar-refractivity contribution < 1.29 is 13.2 Å². The van der Waals surface area contributed by atoms with Crippen LogP contribution in [0, 0.1) is 0 Å². The second-order valence-corrected chi connectivity index (χ2v) is 10.1. The molecule has 0 fully saturated rings.